The lowest BCUT2D eigenvalue weighted by Crippen LogP contribution is -2.02. The fourth-order valence-electron chi connectivity index (χ4n) is 2.61. The van der Waals surface area contributed by atoms with Crippen LogP contribution in [0.5, 0.6) is 0 Å². The average molecular weight is 295 g/mol. The molecule has 0 unspecified atom stereocenters. The number of aryl methyl sites for hydroxylation is 1. The fourth-order valence-corrected chi connectivity index (χ4v) is 3.04. The Morgan fingerprint density at radius 3 is 2.53 bits per heavy atom. The van der Waals surface area contributed by atoms with Crippen LogP contribution in [0.1, 0.15) is 36.1 Å². The number of hydrogen-bond donors (Lipinski definition) is 0. The van der Waals surface area contributed by atoms with E-state index in [2.05, 4.69) is 5.10 Å². The van der Waals surface area contributed by atoms with Crippen LogP contribution in [0.2, 0.25) is 10.2 Å². The molecule has 1 aromatic carbocycles. The summed E-state index contributed by atoms with van der Waals surface area (Å²) in [6.07, 6.45) is 5.85. The van der Waals surface area contributed by atoms with E-state index < -0.39 is 0 Å². The first-order valence-corrected chi connectivity index (χ1v) is 7.48. The largest absolute Gasteiger partial charge is 0.249 e. The van der Waals surface area contributed by atoms with Crippen molar-refractivity contribution >= 4 is 23.2 Å². The highest BCUT2D eigenvalue weighted by atomic mass is 35.5. The molecule has 3 rings (SSSR count). The van der Waals surface area contributed by atoms with Crippen LogP contribution in [0, 0.1) is 0 Å². The Morgan fingerprint density at radius 1 is 1.00 bits per heavy atom. The lowest BCUT2D eigenvalue weighted by Gasteiger charge is -2.04. The molecule has 0 aliphatic heterocycles. The maximum absolute atomic E-state index is 6.47. The van der Waals surface area contributed by atoms with Crippen LogP contribution in [-0.2, 0) is 19.4 Å². The zero-order valence-corrected chi connectivity index (χ0v) is 12.2. The summed E-state index contributed by atoms with van der Waals surface area (Å²) in [7, 11) is 0. The van der Waals surface area contributed by atoms with Gasteiger partial charge < -0.3 is 0 Å². The summed E-state index contributed by atoms with van der Waals surface area (Å²) in [5.74, 6) is 0. The van der Waals surface area contributed by atoms with Crippen LogP contribution < -0.4 is 0 Å². The Balaban J connectivity index is 1.87. The summed E-state index contributed by atoms with van der Waals surface area (Å²) in [4.78, 5) is 0. The van der Waals surface area contributed by atoms with Gasteiger partial charge in [-0.05, 0) is 43.4 Å². The summed E-state index contributed by atoms with van der Waals surface area (Å²) in [5, 5.41) is 6.25. The summed E-state index contributed by atoms with van der Waals surface area (Å²) in [6.45, 7) is 0.711. The van der Waals surface area contributed by atoms with Crippen LogP contribution in [0.3, 0.4) is 0 Å². The van der Waals surface area contributed by atoms with E-state index in [-0.39, 0.29) is 0 Å². The number of fused-ring (bicyclic) bond motifs is 1. The van der Waals surface area contributed by atoms with Crippen molar-refractivity contribution in [1.82, 2.24) is 9.78 Å². The number of nitrogens with zero attached hydrogens (tertiary/aromatic N) is 2. The number of rotatable bonds is 2. The van der Waals surface area contributed by atoms with E-state index in [1.165, 1.54) is 36.1 Å². The van der Waals surface area contributed by atoms with Crippen LogP contribution in [-0.4, -0.2) is 9.78 Å². The van der Waals surface area contributed by atoms with Crippen molar-refractivity contribution in [1.29, 1.82) is 0 Å². The third-order valence-corrected chi connectivity index (χ3v) is 4.33. The molecule has 0 spiro atoms. The van der Waals surface area contributed by atoms with E-state index in [4.69, 9.17) is 23.2 Å². The molecule has 0 N–H and O–H groups in total. The fraction of sp³-hybridized carbons (Fsp3) is 0.400. The number of halogens is 2. The molecule has 0 radical (unpaired) electrons. The zero-order valence-electron chi connectivity index (χ0n) is 10.7. The summed E-state index contributed by atoms with van der Waals surface area (Å²) < 4.78 is 1.92. The van der Waals surface area contributed by atoms with Crippen LogP contribution >= 0.6 is 23.2 Å². The summed E-state index contributed by atoms with van der Waals surface area (Å²) in [5.41, 5.74) is 3.62. The second-order valence-electron chi connectivity index (χ2n) is 5.06. The standard InChI is InChI=1S/C15H16Cl2N2/c16-12-8-6-11(7-9-12)10-19-15(17)13-4-2-1-3-5-14(13)18-19/h6-9H,1-5,10H2. The minimum Gasteiger partial charge on any atom is -0.249 e. The Labute approximate surface area is 123 Å². The van der Waals surface area contributed by atoms with Crippen LogP contribution in [0.15, 0.2) is 24.3 Å². The van der Waals surface area contributed by atoms with Gasteiger partial charge in [0.15, 0.2) is 0 Å². The van der Waals surface area contributed by atoms with Crippen LogP contribution in [0.4, 0.5) is 0 Å². The normalized spacial score (nSPS) is 15.1. The van der Waals surface area contributed by atoms with Gasteiger partial charge in [-0.1, -0.05) is 41.8 Å². The number of hydrogen-bond acceptors (Lipinski definition) is 1. The monoisotopic (exact) mass is 294 g/mol. The van der Waals surface area contributed by atoms with Crippen molar-refractivity contribution in [2.45, 2.75) is 38.6 Å². The molecule has 1 aliphatic rings. The van der Waals surface area contributed by atoms with E-state index in [1.54, 1.807) is 0 Å². The third kappa shape index (κ3) is 2.80. The summed E-state index contributed by atoms with van der Waals surface area (Å²) >= 11 is 12.4. The van der Waals surface area contributed by atoms with Gasteiger partial charge in [0.25, 0.3) is 0 Å². The van der Waals surface area contributed by atoms with E-state index in [0.717, 1.165) is 23.0 Å². The van der Waals surface area contributed by atoms with Crippen molar-refractivity contribution in [3.63, 3.8) is 0 Å². The first-order chi connectivity index (χ1) is 9.24. The molecule has 1 aliphatic carbocycles. The van der Waals surface area contributed by atoms with Gasteiger partial charge >= 0.3 is 0 Å². The molecular formula is C15H16Cl2N2. The lowest BCUT2D eigenvalue weighted by molar-refractivity contribution is 0.647. The molecule has 0 fully saturated rings. The van der Waals surface area contributed by atoms with Crippen molar-refractivity contribution < 1.29 is 0 Å². The first kappa shape index (κ1) is 13.0. The molecule has 2 nitrogen and oxygen atoms in total. The average Bonchev–Trinajstić information content (AvgIpc) is 2.60. The highest BCUT2D eigenvalue weighted by Gasteiger charge is 2.18. The minimum absolute atomic E-state index is 0.711. The first-order valence-electron chi connectivity index (χ1n) is 6.72. The van der Waals surface area contributed by atoms with Crippen LogP contribution in [0.25, 0.3) is 0 Å². The van der Waals surface area contributed by atoms with Gasteiger partial charge in [-0.25, -0.2) is 4.68 Å². The Kier molecular flexibility index (Phi) is 3.81. The van der Waals surface area contributed by atoms with Crippen molar-refractivity contribution in [2.24, 2.45) is 0 Å². The smallest absolute Gasteiger partial charge is 0.130 e. The maximum atomic E-state index is 6.47. The Hall–Kier alpha value is -0.990. The van der Waals surface area contributed by atoms with Gasteiger partial charge in [0, 0.05) is 10.6 Å². The third-order valence-electron chi connectivity index (χ3n) is 3.65. The molecule has 0 saturated heterocycles. The van der Waals surface area contributed by atoms with Crippen molar-refractivity contribution in [3.8, 4) is 0 Å². The quantitative estimate of drug-likeness (QED) is 0.745. The Bertz CT molecular complexity index is 573. The highest BCUT2D eigenvalue weighted by Crippen LogP contribution is 2.27. The lowest BCUT2D eigenvalue weighted by atomic mass is 10.1. The van der Waals surface area contributed by atoms with Gasteiger partial charge in [0.05, 0.1) is 12.2 Å². The van der Waals surface area contributed by atoms with Crippen molar-refractivity contribution in [2.75, 3.05) is 0 Å². The molecule has 0 bridgehead atoms. The molecule has 100 valence electrons. The molecule has 4 heteroatoms. The zero-order chi connectivity index (χ0) is 13.2. The number of benzene rings is 1. The van der Waals surface area contributed by atoms with E-state index >= 15 is 0 Å². The molecule has 1 heterocycles. The SMILES string of the molecule is Clc1ccc(Cn2nc3c(c2Cl)CCCCC3)cc1. The predicted octanol–water partition coefficient (Wildman–Crippen LogP) is 4.51. The Morgan fingerprint density at radius 2 is 1.74 bits per heavy atom. The van der Waals surface area contributed by atoms with Gasteiger partial charge in [0.2, 0.25) is 0 Å². The second-order valence-corrected chi connectivity index (χ2v) is 5.86. The second kappa shape index (κ2) is 5.56. The highest BCUT2D eigenvalue weighted by molar-refractivity contribution is 6.30. The molecule has 19 heavy (non-hydrogen) atoms. The van der Waals surface area contributed by atoms with Gasteiger partial charge in [-0.3, -0.25) is 0 Å². The predicted molar refractivity (Wildman–Crippen MR) is 79.1 cm³/mol. The molecule has 0 saturated carbocycles. The summed E-state index contributed by atoms with van der Waals surface area (Å²) in [6, 6.07) is 7.84. The van der Waals surface area contributed by atoms with E-state index in [0.29, 0.717) is 6.54 Å². The topological polar surface area (TPSA) is 17.8 Å². The molecule has 1 aromatic heterocycles. The molecule has 2 aromatic rings. The van der Waals surface area contributed by atoms with Crippen molar-refractivity contribution in [3.05, 3.63) is 51.3 Å². The maximum Gasteiger partial charge on any atom is 0.130 e. The molecule has 0 atom stereocenters. The molecular weight excluding hydrogens is 279 g/mol. The van der Waals surface area contributed by atoms with Gasteiger partial charge in [-0.2, -0.15) is 5.10 Å². The van der Waals surface area contributed by atoms with Gasteiger partial charge in [0.1, 0.15) is 5.15 Å². The minimum atomic E-state index is 0.711. The number of aromatic nitrogens is 2. The molecule has 0 amide bonds. The van der Waals surface area contributed by atoms with E-state index in [1.807, 2.05) is 28.9 Å². The van der Waals surface area contributed by atoms with E-state index in [9.17, 15) is 0 Å². The van der Waals surface area contributed by atoms with Gasteiger partial charge in [-0.15, -0.1) is 0 Å².